The first kappa shape index (κ1) is 29.2. The lowest BCUT2D eigenvalue weighted by Crippen LogP contribution is -2.49. The molecule has 2 aromatic carbocycles. The van der Waals surface area contributed by atoms with Crippen LogP contribution in [-0.2, 0) is 14.3 Å². The minimum atomic E-state index is -0.536. The molecule has 2 atom stereocenters. The third kappa shape index (κ3) is 7.24. The Morgan fingerprint density at radius 2 is 1.62 bits per heavy atom. The molecule has 4 N–H and O–H groups in total. The normalized spacial score (nSPS) is 18.6. The number of nitrogens with zero attached hydrogens (tertiary/aromatic N) is 1. The van der Waals surface area contributed by atoms with Crippen LogP contribution in [0.3, 0.4) is 0 Å². The third-order valence-electron chi connectivity index (χ3n) is 7.16. The quantitative estimate of drug-likeness (QED) is 0.406. The van der Waals surface area contributed by atoms with Gasteiger partial charge >= 0.3 is 12.1 Å². The Kier molecular flexibility index (Phi) is 9.19. The highest BCUT2D eigenvalue weighted by atomic mass is 19.1. The molecule has 2 heterocycles. The summed E-state index contributed by atoms with van der Waals surface area (Å²) in [7, 11) is 1.35. The third-order valence-corrected chi connectivity index (χ3v) is 7.16. The van der Waals surface area contributed by atoms with Crippen molar-refractivity contribution in [3.05, 3.63) is 65.6 Å². The maximum Gasteiger partial charge on any atom is 0.410 e. The number of esters is 1. The van der Waals surface area contributed by atoms with Crippen molar-refractivity contribution in [3.8, 4) is 11.5 Å². The first-order valence-corrected chi connectivity index (χ1v) is 13.7. The van der Waals surface area contributed by atoms with Gasteiger partial charge in [-0.3, -0.25) is 0 Å². The maximum atomic E-state index is 13.2. The van der Waals surface area contributed by atoms with Gasteiger partial charge in [0.25, 0.3) is 0 Å². The summed E-state index contributed by atoms with van der Waals surface area (Å²) in [4.78, 5) is 27.0. The highest BCUT2D eigenvalue weighted by Crippen LogP contribution is 2.34. The van der Waals surface area contributed by atoms with Gasteiger partial charge in [0.15, 0.2) is 0 Å². The summed E-state index contributed by atoms with van der Waals surface area (Å²) >= 11 is 0. The van der Waals surface area contributed by atoms with Crippen molar-refractivity contribution in [1.29, 1.82) is 0 Å². The molecule has 4 rings (SSSR count). The second-order valence-electron chi connectivity index (χ2n) is 11.1. The molecule has 2 aliphatic rings. The van der Waals surface area contributed by atoms with E-state index in [1.165, 1.54) is 19.2 Å². The number of halogens is 1. The number of piperidine rings is 1. The molecule has 0 aliphatic carbocycles. The van der Waals surface area contributed by atoms with Crippen LogP contribution < -0.4 is 21.1 Å². The monoisotopic (exact) mass is 554 g/mol. The van der Waals surface area contributed by atoms with Gasteiger partial charge in [0, 0.05) is 24.6 Å². The van der Waals surface area contributed by atoms with Crippen molar-refractivity contribution in [2.45, 2.75) is 51.8 Å². The number of hydrogen-bond donors (Lipinski definition) is 3. The summed E-state index contributed by atoms with van der Waals surface area (Å²) in [5.74, 6) is 0.701. The van der Waals surface area contributed by atoms with Crippen molar-refractivity contribution in [2.24, 2.45) is 17.6 Å². The van der Waals surface area contributed by atoms with E-state index in [4.69, 9.17) is 19.9 Å². The fourth-order valence-electron chi connectivity index (χ4n) is 5.23. The van der Waals surface area contributed by atoms with Crippen molar-refractivity contribution >= 4 is 17.8 Å². The van der Waals surface area contributed by atoms with Crippen molar-refractivity contribution in [1.82, 2.24) is 15.5 Å². The van der Waals surface area contributed by atoms with E-state index in [0.29, 0.717) is 42.5 Å². The van der Waals surface area contributed by atoms with E-state index in [9.17, 15) is 14.0 Å². The van der Waals surface area contributed by atoms with Gasteiger partial charge in [-0.1, -0.05) is 0 Å². The zero-order chi connectivity index (χ0) is 28.9. The summed E-state index contributed by atoms with van der Waals surface area (Å²) in [6.45, 7) is 7.29. The molecular weight excluding hydrogens is 515 g/mol. The predicted molar refractivity (Wildman–Crippen MR) is 150 cm³/mol. The first-order chi connectivity index (χ1) is 19.1. The molecule has 0 saturated carbocycles. The van der Waals surface area contributed by atoms with Gasteiger partial charge in [-0.2, -0.15) is 0 Å². The second-order valence-corrected chi connectivity index (χ2v) is 11.1. The molecule has 1 saturated heterocycles. The summed E-state index contributed by atoms with van der Waals surface area (Å²) in [5.41, 5.74) is 7.26. The number of carbonyl (C=O) groups excluding carboxylic acids is 2. The Balaban J connectivity index is 1.46. The van der Waals surface area contributed by atoms with Gasteiger partial charge in [-0.25, -0.2) is 14.0 Å². The Hall–Kier alpha value is -3.79. The zero-order valence-corrected chi connectivity index (χ0v) is 23.5. The molecule has 9 nitrogen and oxygen atoms in total. The van der Waals surface area contributed by atoms with E-state index in [-0.39, 0.29) is 29.9 Å². The number of carbonyl (C=O) groups is 2. The summed E-state index contributed by atoms with van der Waals surface area (Å²) in [6.07, 6.45) is 1.83. The Morgan fingerprint density at radius 1 is 1.02 bits per heavy atom. The average molecular weight is 555 g/mol. The molecule has 0 spiro atoms. The fraction of sp³-hybridized carbons (Fsp3) is 0.467. The zero-order valence-electron chi connectivity index (χ0n) is 23.5. The van der Waals surface area contributed by atoms with Crippen LogP contribution >= 0.6 is 0 Å². The molecule has 0 bridgehead atoms. The van der Waals surface area contributed by atoms with Crippen molar-refractivity contribution < 1.29 is 28.2 Å². The van der Waals surface area contributed by atoms with Crippen LogP contribution in [0, 0.1) is 17.7 Å². The van der Waals surface area contributed by atoms with Crippen LogP contribution in [0.4, 0.5) is 9.18 Å². The molecule has 0 aromatic heterocycles. The molecule has 216 valence electrons. The van der Waals surface area contributed by atoms with Crippen LogP contribution in [0.2, 0.25) is 0 Å². The van der Waals surface area contributed by atoms with Crippen LogP contribution in [0.25, 0.3) is 5.70 Å². The van der Waals surface area contributed by atoms with E-state index in [1.807, 2.05) is 32.9 Å². The van der Waals surface area contributed by atoms with E-state index in [1.54, 1.807) is 29.2 Å². The van der Waals surface area contributed by atoms with Gasteiger partial charge < -0.3 is 35.5 Å². The fourth-order valence-corrected chi connectivity index (χ4v) is 5.23. The molecule has 40 heavy (non-hydrogen) atoms. The second kappa shape index (κ2) is 12.6. The van der Waals surface area contributed by atoms with Gasteiger partial charge in [0.2, 0.25) is 0 Å². The number of ether oxygens (including phenoxy) is 3. The number of likely N-dealkylation sites (tertiary alicyclic amines) is 1. The Bertz CT molecular complexity index is 1200. The molecule has 0 radical (unpaired) electrons. The number of amides is 1. The van der Waals surface area contributed by atoms with Crippen LogP contribution in [0.1, 0.15) is 45.6 Å². The lowest BCUT2D eigenvalue weighted by molar-refractivity contribution is -0.136. The first-order valence-electron chi connectivity index (χ1n) is 13.7. The molecule has 2 aromatic rings. The van der Waals surface area contributed by atoms with E-state index >= 15 is 0 Å². The van der Waals surface area contributed by atoms with Crippen LogP contribution in [-0.4, -0.2) is 55.5 Å². The van der Waals surface area contributed by atoms with Crippen LogP contribution in [0.15, 0.2) is 54.2 Å². The van der Waals surface area contributed by atoms with Crippen molar-refractivity contribution in [2.75, 3.05) is 26.7 Å². The minimum Gasteiger partial charge on any atom is -0.464 e. The molecular formula is C30H39FN4O5. The number of hydrogen-bond acceptors (Lipinski definition) is 8. The number of methoxy groups -OCH3 is 1. The number of benzene rings is 2. The van der Waals surface area contributed by atoms with E-state index in [0.717, 1.165) is 24.8 Å². The van der Waals surface area contributed by atoms with Crippen LogP contribution in [0.5, 0.6) is 11.5 Å². The lowest BCUT2D eigenvalue weighted by Gasteiger charge is -2.39. The number of rotatable bonds is 8. The SMILES string of the molecule is COC(=O)C1=C(c2ccc(Oc3ccc(F)cc3)cc2)NC(C(CCN)C2CCN(C(=O)OC(C)(C)C)CC2)N1. The molecule has 10 heteroatoms. The Labute approximate surface area is 234 Å². The van der Waals surface area contributed by atoms with Gasteiger partial charge in [-0.15, -0.1) is 0 Å². The van der Waals surface area contributed by atoms with Crippen molar-refractivity contribution in [3.63, 3.8) is 0 Å². The minimum absolute atomic E-state index is 0.115. The van der Waals surface area contributed by atoms with Gasteiger partial charge in [0.1, 0.15) is 28.6 Å². The molecule has 1 fully saturated rings. The standard InChI is InChI=1S/C30H39FN4O5/c1-30(2,3)40-29(37)35-17-14-19(15-18-35)24(13-16-32)27-33-25(26(34-27)28(36)38-4)20-5-9-22(10-6-20)39-23-11-7-21(31)8-12-23/h5-12,19,24,27,33-34H,13-18,32H2,1-4H3. The summed E-state index contributed by atoms with van der Waals surface area (Å²) in [5, 5.41) is 6.88. The van der Waals surface area contributed by atoms with E-state index in [2.05, 4.69) is 10.6 Å². The number of nitrogens with one attached hydrogen (secondary N) is 2. The average Bonchev–Trinajstić information content (AvgIpc) is 3.37. The predicted octanol–water partition coefficient (Wildman–Crippen LogP) is 4.59. The summed E-state index contributed by atoms with van der Waals surface area (Å²) < 4.78 is 29.6. The Morgan fingerprint density at radius 3 is 2.17 bits per heavy atom. The largest absolute Gasteiger partial charge is 0.464 e. The highest BCUT2D eigenvalue weighted by molar-refractivity contribution is 5.97. The lowest BCUT2D eigenvalue weighted by atomic mass is 9.80. The maximum absolute atomic E-state index is 13.2. The molecule has 2 unspecified atom stereocenters. The molecule has 2 aliphatic heterocycles. The molecule has 1 amide bonds. The van der Waals surface area contributed by atoms with E-state index < -0.39 is 11.6 Å². The summed E-state index contributed by atoms with van der Waals surface area (Å²) in [6, 6.07) is 13.1. The van der Waals surface area contributed by atoms with Gasteiger partial charge in [-0.05, 0) is 101 Å². The smallest absolute Gasteiger partial charge is 0.410 e. The number of nitrogens with two attached hydrogens (primary N) is 1. The highest BCUT2D eigenvalue weighted by Gasteiger charge is 2.39. The topological polar surface area (TPSA) is 115 Å². The van der Waals surface area contributed by atoms with Gasteiger partial charge in [0.05, 0.1) is 19.0 Å².